The Hall–Kier alpha value is -1.86. The van der Waals surface area contributed by atoms with Crippen molar-refractivity contribution in [2.24, 2.45) is 11.8 Å². The SMILES string of the molecule is O=C(O)C1=C(C(=O)Cc2sc3c(c2-c2nc(C4CC4)ns2)CCCC3)C2CCC1CC2. The van der Waals surface area contributed by atoms with E-state index in [1.807, 2.05) is 0 Å². The van der Waals surface area contributed by atoms with E-state index in [9.17, 15) is 14.7 Å². The van der Waals surface area contributed by atoms with E-state index >= 15 is 0 Å². The van der Waals surface area contributed by atoms with Crippen LogP contribution in [0.4, 0.5) is 0 Å². The Morgan fingerprint density at radius 2 is 1.61 bits per heavy atom. The summed E-state index contributed by atoms with van der Waals surface area (Å²) in [5.41, 5.74) is 3.57. The lowest BCUT2D eigenvalue weighted by Gasteiger charge is -2.38. The number of nitrogens with zero attached hydrogens (tertiary/aromatic N) is 2. The summed E-state index contributed by atoms with van der Waals surface area (Å²) in [6.07, 6.45) is 10.9. The molecule has 2 aromatic rings. The molecule has 162 valence electrons. The monoisotopic (exact) mass is 454 g/mol. The molecular weight excluding hydrogens is 428 g/mol. The summed E-state index contributed by atoms with van der Waals surface area (Å²) in [5, 5.41) is 10.8. The summed E-state index contributed by atoms with van der Waals surface area (Å²) in [6.45, 7) is 0. The molecule has 31 heavy (non-hydrogen) atoms. The van der Waals surface area contributed by atoms with Crippen molar-refractivity contribution in [1.29, 1.82) is 0 Å². The van der Waals surface area contributed by atoms with Gasteiger partial charge in [-0.05, 0) is 93.1 Å². The van der Waals surface area contributed by atoms with Gasteiger partial charge in [0, 0.05) is 38.8 Å². The molecule has 1 N–H and O–H groups in total. The summed E-state index contributed by atoms with van der Waals surface area (Å²) < 4.78 is 4.62. The second-order valence-electron chi connectivity index (χ2n) is 9.52. The topological polar surface area (TPSA) is 80.1 Å². The smallest absolute Gasteiger partial charge is 0.332 e. The molecule has 0 unspecified atom stereocenters. The number of aromatic nitrogens is 2. The van der Waals surface area contributed by atoms with Gasteiger partial charge in [-0.15, -0.1) is 11.3 Å². The van der Waals surface area contributed by atoms with Gasteiger partial charge in [0.25, 0.3) is 0 Å². The van der Waals surface area contributed by atoms with Crippen LogP contribution in [-0.2, 0) is 28.9 Å². The highest BCUT2D eigenvalue weighted by molar-refractivity contribution is 7.14. The van der Waals surface area contributed by atoms with Gasteiger partial charge >= 0.3 is 5.97 Å². The molecular formula is C24H26N2O3S2. The molecule has 7 heteroatoms. The van der Waals surface area contributed by atoms with Crippen molar-refractivity contribution in [3.05, 3.63) is 32.3 Å². The van der Waals surface area contributed by atoms with Crippen molar-refractivity contribution in [3.8, 4) is 10.6 Å². The van der Waals surface area contributed by atoms with E-state index in [0.717, 1.165) is 59.8 Å². The number of ketones is 1. The van der Waals surface area contributed by atoms with Gasteiger partial charge in [-0.2, -0.15) is 4.37 Å². The summed E-state index contributed by atoms with van der Waals surface area (Å²) in [4.78, 5) is 32.9. The average molecular weight is 455 g/mol. The maximum atomic E-state index is 13.5. The van der Waals surface area contributed by atoms with Gasteiger partial charge in [-0.25, -0.2) is 9.78 Å². The van der Waals surface area contributed by atoms with E-state index < -0.39 is 5.97 Å². The van der Waals surface area contributed by atoms with Gasteiger partial charge in [0.2, 0.25) is 0 Å². The molecule has 0 saturated heterocycles. The molecule has 2 saturated carbocycles. The van der Waals surface area contributed by atoms with Crippen molar-refractivity contribution in [3.63, 3.8) is 0 Å². The normalized spacial score (nSPS) is 25.0. The van der Waals surface area contributed by atoms with Crippen molar-refractivity contribution in [1.82, 2.24) is 9.36 Å². The number of allylic oxidation sites excluding steroid dienone is 1. The second-order valence-corrected chi connectivity index (χ2v) is 11.5. The molecule has 7 rings (SSSR count). The molecule has 5 nitrogen and oxygen atoms in total. The maximum Gasteiger partial charge on any atom is 0.332 e. The Kier molecular flexibility index (Phi) is 4.87. The van der Waals surface area contributed by atoms with Crippen LogP contribution in [-0.4, -0.2) is 26.2 Å². The molecule has 0 amide bonds. The van der Waals surface area contributed by atoms with Crippen LogP contribution in [0.15, 0.2) is 11.1 Å². The lowest BCUT2D eigenvalue weighted by Crippen LogP contribution is -2.34. The number of aliphatic carboxylic acids is 1. The van der Waals surface area contributed by atoms with Crippen LogP contribution in [0.1, 0.15) is 78.4 Å². The Labute approximate surface area is 189 Å². The van der Waals surface area contributed by atoms with Crippen LogP contribution in [0.3, 0.4) is 0 Å². The molecule has 0 aliphatic heterocycles. The van der Waals surface area contributed by atoms with E-state index in [0.29, 0.717) is 23.5 Å². The minimum atomic E-state index is -0.887. The number of carbonyl (C=O) groups excluding carboxylic acids is 1. The summed E-state index contributed by atoms with van der Waals surface area (Å²) >= 11 is 3.23. The van der Waals surface area contributed by atoms with Crippen LogP contribution in [0.25, 0.3) is 10.6 Å². The van der Waals surface area contributed by atoms with E-state index in [4.69, 9.17) is 4.98 Å². The Balaban J connectivity index is 1.39. The molecule has 2 heterocycles. The Bertz CT molecular complexity index is 1100. The molecule has 0 radical (unpaired) electrons. The quantitative estimate of drug-likeness (QED) is 0.638. The molecule has 0 spiro atoms. The number of hydrogen-bond acceptors (Lipinski definition) is 6. The van der Waals surface area contributed by atoms with E-state index in [-0.39, 0.29) is 17.6 Å². The largest absolute Gasteiger partial charge is 0.478 e. The number of carboxylic acids is 1. The van der Waals surface area contributed by atoms with Crippen LogP contribution in [0.5, 0.6) is 0 Å². The number of fused-ring (bicyclic) bond motifs is 3. The van der Waals surface area contributed by atoms with E-state index in [2.05, 4.69) is 4.37 Å². The zero-order chi connectivity index (χ0) is 21.1. The summed E-state index contributed by atoms with van der Waals surface area (Å²) in [5.74, 6) is 0.811. The zero-order valence-corrected chi connectivity index (χ0v) is 19.1. The van der Waals surface area contributed by atoms with Crippen LogP contribution in [0, 0.1) is 11.8 Å². The first-order valence-corrected chi connectivity index (χ1v) is 13.2. The van der Waals surface area contributed by atoms with Crippen LogP contribution < -0.4 is 0 Å². The van der Waals surface area contributed by atoms with Crippen LogP contribution in [0.2, 0.25) is 0 Å². The number of hydrogen-bond donors (Lipinski definition) is 1. The Morgan fingerprint density at radius 3 is 2.32 bits per heavy atom. The number of aryl methyl sites for hydroxylation is 1. The van der Waals surface area contributed by atoms with Gasteiger partial charge in [0.05, 0.1) is 0 Å². The molecule has 2 fully saturated rings. The first-order chi connectivity index (χ1) is 15.1. The van der Waals surface area contributed by atoms with Crippen LogP contribution >= 0.6 is 22.9 Å². The number of rotatable bonds is 6. The van der Waals surface area contributed by atoms with Crippen molar-refractivity contribution >= 4 is 34.6 Å². The molecule has 5 aliphatic rings. The van der Waals surface area contributed by atoms with Crippen molar-refractivity contribution in [2.45, 2.75) is 76.5 Å². The summed E-state index contributed by atoms with van der Waals surface area (Å²) in [7, 11) is 0. The standard InChI is InChI=1S/C24H26N2O3S2/c27-16(19-12-5-7-13(8-6-12)20(19)24(28)29)11-18-21(15-3-1-2-4-17(15)30-18)23-25-22(26-31-23)14-9-10-14/h12-14H,1-11H2,(H,28,29). The van der Waals surface area contributed by atoms with Gasteiger partial charge < -0.3 is 5.11 Å². The fourth-order valence-corrected chi connectivity index (χ4v) is 8.16. The highest BCUT2D eigenvalue weighted by Crippen LogP contribution is 2.48. The second kappa shape index (κ2) is 7.62. The fraction of sp³-hybridized carbons (Fsp3) is 0.583. The number of carboxylic acid groups (broad SMARTS) is 1. The number of thiophene rings is 1. The molecule has 2 bridgehead atoms. The third-order valence-electron chi connectivity index (χ3n) is 7.53. The van der Waals surface area contributed by atoms with Gasteiger partial charge in [0.1, 0.15) is 10.8 Å². The minimum Gasteiger partial charge on any atom is -0.478 e. The van der Waals surface area contributed by atoms with Gasteiger partial charge in [0.15, 0.2) is 5.78 Å². The molecule has 0 atom stereocenters. The van der Waals surface area contributed by atoms with Gasteiger partial charge in [-0.3, -0.25) is 4.79 Å². The third-order valence-corrected chi connectivity index (χ3v) is 9.57. The maximum absolute atomic E-state index is 13.5. The number of carbonyl (C=O) groups is 2. The first kappa shape index (κ1) is 19.8. The predicted molar refractivity (Wildman–Crippen MR) is 121 cm³/mol. The lowest BCUT2D eigenvalue weighted by molar-refractivity contribution is -0.134. The number of Topliss-reactive ketones (excluding diaryl/α,β-unsaturated/α-hetero) is 1. The lowest BCUT2D eigenvalue weighted by atomic mass is 9.65. The van der Waals surface area contributed by atoms with E-state index in [1.54, 1.807) is 11.3 Å². The average Bonchev–Trinajstić information content (AvgIpc) is 3.41. The van der Waals surface area contributed by atoms with E-state index in [1.165, 1.54) is 47.7 Å². The van der Waals surface area contributed by atoms with Gasteiger partial charge in [-0.1, -0.05) is 0 Å². The Morgan fingerprint density at radius 1 is 0.935 bits per heavy atom. The zero-order valence-electron chi connectivity index (χ0n) is 17.5. The van der Waals surface area contributed by atoms with Crippen molar-refractivity contribution < 1.29 is 14.7 Å². The summed E-state index contributed by atoms with van der Waals surface area (Å²) in [6, 6.07) is 0. The third kappa shape index (κ3) is 3.41. The molecule has 5 aliphatic carbocycles. The van der Waals surface area contributed by atoms with Crippen molar-refractivity contribution in [2.75, 3.05) is 0 Å². The first-order valence-electron chi connectivity index (χ1n) is 11.6. The highest BCUT2D eigenvalue weighted by Gasteiger charge is 2.41. The highest BCUT2D eigenvalue weighted by atomic mass is 32.1. The molecule has 0 aromatic carbocycles. The molecule has 2 aromatic heterocycles. The predicted octanol–water partition coefficient (Wildman–Crippen LogP) is 5.34. The minimum absolute atomic E-state index is 0.0265. The fourth-order valence-electron chi connectivity index (χ4n) is 5.86.